The van der Waals surface area contributed by atoms with E-state index in [1.807, 2.05) is 0 Å². The molecule has 0 fully saturated rings. The number of nitrogens with zero attached hydrogens (tertiary/aromatic N) is 2. The molecule has 232 valence electrons. The summed E-state index contributed by atoms with van der Waals surface area (Å²) in [5, 5.41) is 0. The van der Waals surface area contributed by atoms with Gasteiger partial charge in [0.25, 0.3) is 0 Å². The minimum absolute atomic E-state index is 0.886. The van der Waals surface area contributed by atoms with Gasteiger partial charge in [-0.25, -0.2) is 9.97 Å². The number of aromatic amines is 2. The van der Waals surface area contributed by atoms with Crippen LogP contribution in [0.3, 0.4) is 0 Å². The number of rotatable bonds is 4. The summed E-state index contributed by atoms with van der Waals surface area (Å²) in [4.78, 5) is 18.1. The predicted octanol–water partition coefficient (Wildman–Crippen LogP) is 11.5. The number of hydrogen-bond donors (Lipinski definition) is 2. The first-order chi connectivity index (χ1) is 24.2. The van der Waals surface area contributed by atoms with Crippen molar-refractivity contribution in [2.24, 2.45) is 0 Å². The van der Waals surface area contributed by atoms with Crippen LogP contribution in [0.25, 0.3) is 78.7 Å². The second-order valence-corrected chi connectivity index (χ2v) is 12.4. The molecule has 0 radical (unpaired) electrons. The summed E-state index contributed by atoms with van der Waals surface area (Å²) in [7, 11) is 0. The summed E-state index contributed by atoms with van der Waals surface area (Å²) < 4.78 is 0. The van der Waals surface area contributed by atoms with Gasteiger partial charge in [-0.1, -0.05) is 121 Å². The normalized spacial score (nSPS) is 12.4. The molecule has 4 nitrogen and oxygen atoms in total. The third kappa shape index (κ3) is 5.20. The van der Waals surface area contributed by atoms with E-state index in [9.17, 15) is 0 Å². The third-order valence-corrected chi connectivity index (χ3v) is 9.30. The molecule has 2 N–H and O–H groups in total. The second kappa shape index (κ2) is 11.9. The van der Waals surface area contributed by atoms with Crippen LogP contribution in [0.4, 0.5) is 0 Å². The van der Waals surface area contributed by atoms with Crippen LogP contribution in [0.5, 0.6) is 0 Å². The molecule has 5 heterocycles. The van der Waals surface area contributed by atoms with Crippen LogP contribution in [0, 0.1) is 0 Å². The Balaban J connectivity index is 1.56. The molecule has 0 spiro atoms. The van der Waals surface area contributed by atoms with Crippen molar-refractivity contribution >= 4 is 45.4 Å². The number of hydrogen-bond acceptors (Lipinski definition) is 2. The smallest absolute Gasteiger partial charge is 0.0818 e. The topological polar surface area (TPSA) is 57.4 Å². The summed E-state index contributed by atoms with van der Waals surface area (Å²) in [5.74, 6) is 0. The van der Waals surface area contributed by atoms with E-state index in [4.69, 9.17) is 9.97 Å². The number of benzene rings is 4. The fourth-order valence-corrected chi connectivity index (χ4v) is 7.07. The highest BCUT2D eigenvalue weighted by atomic mass is 14.8. The fourth-order valence-electron chi connectivity index (χ4n) is 7.07. The first-order valence-corrected chi connectivity index (χ1v) is 16.6. The van der Waals surface area contributed by atoms with Crippen molar-refractivity contribution in [3.63, 3.8) is 0 Å². The van der Waals surface area contributed by atoms with Gasteiger partial charge in [-0.3, -0.25) is 0 Å². The van der Waals surface area contributed by atoms with E-state index in [1.165, 1.54) is 0 Å². The lowest BCUT2D eigenvalue weighted by Gasteiger charge is -2.13. The zero-order valence-electron chi connectivity index (χ0n) is 27.0. The van der Waals surface area contributed by atoms with Gasteiger partial charge in [0, 0.05) is 38.8 Å². The van der Waals surface area contributed by atoms with E-state index in [0.717, 1.165) is 94.9 Å². The Labute approximate surface area is 284 Å². The molecule has 0 saturated carbocycles. The largest absolute Gasteiger partial charge is 0.355 e. The fraction of sp³-hybridized carbons (Fsp3) is 0.0222. The SMILES string of the molecule is CC1=C(c2ccccc2)c2nc1cc1ccc(cc3nc(cc4[nH]c(c2-c2ccccc2)c(-c2ccccc2)c4-c2ccccc2)C=C3)[nH]1. The van der Waals surface area contributed by atoms with Gasteiger partial charge in [-0.05, 0) is 77.2 Å². The Kier molecular flexibility index (Phi) is 6.98. The van der Waals surface area contributed by atoms with Crippen molar-refractivity contribution in [1.29, 1.82) is 0 Å². The van der Waals surface area contributed by atoms with Crippen LogP contribution in [-0.2, 0) is 0 Å². The van der Waals surface area contributed by atoms with Crippen molar-refractivity contribution in [2.45, 2.75) is 6.92 Å². The average molecular weight is 629 g/mol. The molecular formula is C45H32N4. The predicted molar refractivity (Wildman–Crippen MR) is 204 cm³/mol. The minimum atomic E-state index is 0.886. The highest BCUT2D eigenvalue weighted by molar-refractivity contribution is 6.12. The lowest BCUT2D eigenvalue weighted by atomic mass is 9.90. The van der Waals surface area contributed by atoms with E-state index in [0.29, 0.717) is 0 Å². The molecule has 9 rings (SSSR count). The van der Waals surface area contributed by atoms with Crippen LogP contribution in [-0.4, -0.2) is 19.9 Å². The van der Waals surface area contributed by atoms with Crippen molar-refractivity contribution < 1.29 is 0 Å². The quantitative estimate of drug-likeness (QED) is 0.204. The van der Waals surface area contributed by atoms with Crippen LogP contribution in [0.2, 0.25) is 0 Å². The minimum Gasteiger partial charge on any atom is -0.355 e. The maximum Gasteiger partial charge on any atom is 0.0818 e. The standard InChI is InChI=1S/C45H32N4/c1-29-38-27-36-24-22-34(46-36)26-35-23-25-37(47-35)28-39-41(31-16-8-3-9-17-31)42(32-18-10-4-11-19-32)45(49-39)43(33-20-12-5-13-21-33)44(48-38)40(29)30-14-6-2-7-15-30/h2-28,46,49H,1H3. The molecule has 4 heteroatoms. The number of nitrogens with one attached hydrogen (secondary N) is 2. The van der Waals surface area contributed by atoms with Crippen molar-refractivity contribution in [2.75, 3.05) is 0 Å². The van der Waals surface area contributed by atoms with Gasteiger partial charge in [-0.2, -0.15) is 0 Å². The highest BCUT2D eigenvalue weighted by Gasteiger charge is 2.26. The third-order valence-electron chi connectivity index (χ3n) is 9.30. The number of fused-ring (bicyclic) bond motifs is 8. The van der Waals surface area contributed by atoms with E-state index >= 15 is 0 Å². The molecule has 0 saturated heterocycles. The number of allylic oxidation sites excluding steroid dienone is 1. The monoisotopic (exact) mass is 628 g/mol. The Bertz CT molecular complexity index is 2570. The molecule has 4 aromatic carbocycles. The van der Waals surface area contributed by atoms with Crippen molar-refractivity contribution in [1.82, 2.24) is 19.9 Å². The number of H-pyrrole nitrogens is 2. The molecule has 0 unspecified atom stereocenters. The van der Waals surface area contributed by atoms with E-state index in [-0.39, 0.29) is 0 Å². The molecule has 8 bridgehead atoms. The molecule has 3 aromatic heterocycles. The Morgan fingerprint density at radius 1 is 0.449 bits per heavy atom. The van der Waals surface area contributed by atoms with Gasteiger partial charge in [0.1, 0.15) is 0 Å². The lowest BCUT2D eigenvalue weighted by molar-refractivity contribution is 1.29. The van der Waals surface area contributed by atoms with Gasteiger partial charge >= 0.3 is 0 Å². The molecule has 0 atom stereocenters. The van der Waals surface area contributed by atoms with Crippen molar-refractivity contribution in [3.05, 3.63) is 180 Å². The van der Waals surface area contributed by atoms with Gasteiger partial charge in [-0.15, -0.1) is 0 Å². The first-order valence-electron chi connectivity index (χ1n) is 16.6. The molecule has 2 aliphatic heterocycles. The van der Waals surface area contributed by atoms with E-state index < -0.39 is 0 Å². The molecule has 0 aliphatic carbocycles. The molecule has 0 amide bonds. The maximum atomic E-state index is 5.52. The van der Waals surface area contributed by atoms with E-state index in [1.54, 1.807) is 0 Å². The van der Waals surface area contributed by atoms with Gasteiger partial charge in [0.15, 0.2) is 0 Å². The second-order valence-electron chi connectivity index (χ2n) is 12.4. The first kappa shape index (κ1) is 28.7. The molecular weight excluding hydrogens is 597 g/mol. The van der Waals surface area contributed by atoms with Crippen LogP contribution in [0.1, 0.15) is 35.3 Å². The van der Waals surface area contributed by atoms with Crippen LogP contribution >= 0.6 is 0 Å². The summed E-state index contributed by atoms with van der Waals surface area (Å²) in [5.41, 5.74) is 17.6. The Morgan fingerprint density at radius 3 is 1.57 bits per heavy atom. The van der Waals surface area contributed by atoms with Crippen LogP contribution < -0.4 is 0 Å². The molecule has 49 heavy (non-hydrogen) atoms. The summed E-state index contributed by atoms with van der Waals surface area (Å²) in [6, 6.07) is 53.3. The summed E-state index contributed by atoms with van der Waals surface area (Å²) in [6.45, 7) is 2.19. The molecule has 7 aromatic rings. The van der Waals surface area contributed by atoms with Gasteiger partial charge < -0.3 is 9.97 Å². The number of aromatic nitrogens is 4. The Hall–Kier alpha value is -6.52. The maximum absolute atomic E-state index is 5.52. The highest BCUT2D eigenvalue weighted by Crippen LogP contribution is 2.46. The van der Waals surface area contributed by atoms with Gasteiger partial charge in [0.2, 0.25) is 0 Å². The summed E-state index contributed by atoms with van der Waals surface area (Å²) in [6.07, 6.45) is 4.15. The summed E-state index contributed by atoms with van der Waals surface area (Å²) >= 11 is 0. The van der Waals surface area contributed by atoms with Gasteiger partial charge in [0.05, 0.1) is 28.3 Å². The van der Waals surface area contributed by atoms with Crippen molar-refractivity contribution in [3.8, 4) is 33.4 Å². The molecule has 2 aliphatic rings. The zero-order valence-corrected chi connectivity index (χ0v) is 27.0. The average Bonchev–Trinajstić information content (AvgIpc) is 3.94. The van der Waals surface area contributed by atoms with Crippen LogP contribution in [0.15, 0.2) is 152 Å². The lowest BCUT2D eigenvalue weighted by Crippen LogP contribution is -1.93. The van der Waals surface area contributed by atoms with E-state index in [2.05, 4.69) is 181 Å². The Morgan fingerprint density at radius 2 is 0.959 bits per heavy atom. The zero-order chi connectivity index (χ0) is 32.7.